The molecule has 1 aromatic heterocycles. The Morgan fingerprint density at radius 1 is 1.57 bits per heavy atom. The summed E-state index contributed by atoms with van der Waals surface area (Å²) in [4.78, 5) is 0. The van der Waals surface area contributed by atoms with Crippen LogP contribution in [-0.2, 0) is 6.54 Å². The lowest BCUT2D eigenvalue weighted by molar-refractivity contribution is 0.230. The number of hydrogen-bond acceptors (Lipinski definition) is 3. The third-order valence-corrected chi connectivity index (χ3v) is 2.43. The Balaban J connectivity index is 2.44. The van der Waals surface area contributed by atoms with Crippen LogP contribution in [0.1, 0.15) is 31.5 Å². The Labute approximate surface area is 84.7 Å². The molecule has 0 aliphatic heterocycles. The van der Waals surface area contributed by atoms with Crippen LogP contribution in [0.5, 0.6) is 0 Å². The van der Waals surface area contributed by atoms with Gasteiger partial charge in [-0.2, -0.15) is 5.10 Å². The van der Waals surface area contributed by atoms with E-state index in [1.54, 1.807) is 0 Å². The second-order valence-electron chi connectivity index (χ2n) is 4.23. The van der Waals surface area contributed by atoms with E-state index in [9.17, 15) is 0 Å². The normalized spacial score (nSPS) is 12.0. The fraction of sp³-hybridized carbons (Fsp3) is 0.700. The van der Waals surface area contributed by atoms with E-state index >= 15 is 0 Å². The number of rotatable bonds is 5. The van der Waals surface area contributed by atoms with Crippen molar-refractivity contribution in [2.24, 2.45) is 0 Å². The molecule has 0 aromatic carbocycles. The average Bonchev–Trinajstić information content (AvgIpc) is 2.48. The van der Waals surface area contributed by atoms with Crippen molar-refractivity contribution in [2.45, 2.75) is 39.3 Å². The molecule has 0 unspecified atom stereocenters. The van der Waals surface area contributed by atoms with Gasteiger partial charge in [0.2, 0.25) is 0 Å². The number of H-pyrrole nitrogens is 1. The summed E-state index contributed by atoms with van der Waals surface area (Å²) in [6.45, 7) is 7.17. The Hall–Kier alpha value is -0.870. The maximum absolute atomic E-state index is 8.86. The van der Waals surface area contributed by atoms with Crippen LogP contribution in [0.15, 0.2) is 6.20 Å². The van der Waals surface area contributed by atoms with Gasteiger partial charge in [-0.15, -0.1) is 0 Å². The molecular formula is C10H19N3O. The molecule has 14 heavy (non-hydrogen) atoms. The molecule has 0 saturated heterocycles. The van der Waals surface area contributed by atoms with E-state index < -0.39 is 0 Å². The van der Waals surface area contributed by atoms with Crippen molar-refractivity contribution in [1.29, 1.82) is 0 Å². The van der Waals surface area contributed by atoms with E-state index in [0.717, 1.165) is 18.7 Å². The summed E-state index contributed by atoms with van der Waals surface area (Å²) >= 11 is 0. The highest BCUT2D eigenvalue weighted by atomic mass is 16.3. The largest absolute Gasteiger partial charge is 0.396 e. The summed E-state index contributed by atoms with van der Waals surface area (Å²) in [7, 11) is 0. The predicted octanol–water partition coefficient (Wildman–Crippen LogP) is 0.969. The van der Waals surface area contributed by atoms with Crippen LogP contribution < -0.4 is 5.32 Å². The maximum atomic E-state index is 8.86. The number of aliphatic hydroxyl groups is 1. The molecule has 4 heteroatoms. The lowest BCUT2D eigenvalue weighted by Crippen LogP contribution is -2.39. The fourth-order valence-corrected chi connectivity index (χ4v) is 1.26. The summed E-state index contributed by atoms with van der Waals surface area (Å²) in [6, 6.07) is 0. The third-order valence-electron chi connectivity index (χ3n) is 2.43. The summed E-state index contributed by atoms with van der Waals surface area (Å²) in [6.07, 6.45) is 2.58. The SMILES string of the molecule is Cc1[nH]ncc1CNC(C)(C)CCO. The molecule has 80 valence electrons. The molecule has 0 radical (unpaired) electrons. The van der Waals surface area contributed by atoms with E-state index in [1.807, 2.05) is 13.1 Å². The van der Waals surface area contributed by atoms with Crippen LogP contribution in [0.3, 0.4) is 0 Å². The topological polar surface area (TPSA) is 60.9 Å². The van der Waals surface area contributed by atoms with Gasteiger partial charge in [0.15, 0.2) is 0 Å². The minimum absolute atomic E-state index is 0.0293. The molecule has 1 aromatic rings. The average molecular weight is 197 g/mol. The van der Waals surface area contributed by atoms with Gasteiger partial charge in [-0.3, -0.25) is 5.10 Å². The van der Waals surface area contributed by atoms with Crippen molar-refractivity contribution in [2.75, 3.05) is 6.61 Å². The number of nitrogens with one attached hydrogen (secondary N) is 2. The minimum Gasteiger partial charge on any atom is -0.396 e. The van der Waals surface area contributed by atoms with Gasteiger partial charge in [0, 0.05) is 29.9 Å². The van der Waals surface area contributed by atoms with E-state index in [1.165, 1.54) is 5.56 Å². The third kappa shape index (κ3) is 3.12. The first kappa shape index (κ1) is 11.2. The Kier molecular flexibility index (Phi) is 3.66. The van der Waals surface area contributed by atoms with Crippen molar-refractivity contribution in [3.8, 4) is 0 Å². The first-order valence-corrected chi connectivity index (χ1v) is 4.90. The summed E-state index contributed by atoms with van der Waals surface area (Å²) in [5.41, 5.74) is 2.24. The van der Waals surface area contributed by atoms with Crippen molar-refractivity contribution in [3.05, 3.63) is 17.5 Å². The molecule has 0 aliphatic rings. The molecule has 0 aliphatic carbocycles. The van der Waals surface area contributed by atoms with Gasteiger partial charge in [0.1, 0.15) is 0 Å². The van der Waals surface area contributed by atoms with E-state index in [2.05, 4.69) is 29.4 Å². The van der Waals surface area contributed by atoms with Gasteiger partial charge in [-0.05, 0) is 27.2 Å². The van der Waals surface area contributed by atoms with Gasteiger partial charge in [-0.25, -0.2) is 0 Å². The first-order chi connectivity index (χ1) is 6.55. The van der Waals surface area contributed by atoms with Crippen LogP contribution in [0.4, 0.5) is 0 Å². The molecule has 0 spiro atoms. The summed E-state index contributed by atoms with van der Waals surface area (Å²) in [5, 5.41) is 19.1. The zero-order chi connectivity index (χ0) is 10.6. The quantitative estimate of drug-likeness (QED) is 0.659. The molecule has 0 saturated carbocycles. The maximum Gasteiger partial charge on any atom is 0.0535 e. The predicted molar refractivity (Wildman–Crippen MR) is 55.9 cm³/mol. The van der Waals surface area contributed by atoms with Gasteiger partial charge < -0.3 is 10.4 Å². The number of nitrogens with zero attached hydrogens (tertiary/aromatic N) is 1. The van der Waals surface area contributed by atoms with Gasteiger partial charge in [0.25, 0.3) is 0 Å². The Morgan fingerprint density at radius 2 is 2.29 bits per heavy atom. The van der Waals surface area contributed by atoms with Gasteiger partial charge in [0.05, 0.1) is 6.20 Å². The van der Waals surface area contributed by atoms with E-state index in [0.29, 0.717) is 0 Å². The second kappa shape index (κ2) is 4.57. The minimum atomic E-state index is -0.0293. The van der Waals surface area contributed by atoms with Crippen LogP contribution in [0.2, 0.25) is 0 Å². The molecule has 0 amide bonds. The lowest BCUT2D eigenvalue weighted by Gasteiger charge is -2.25. The van der Waals surface area contributed by atoms with Crippen LogP contribution in [-0.4, -0.2) is 27.4 Å². The molecular weight excluding hydrogens is 178 g/mol. The zero-order valence-electron chi connectivity index (χ0n) is 9.09. The monoisotopic (exact) mass is 197 g/mol. The number of aromatic nitrogens is 2. The Bertz CT molecular complexity index is 281. The molecule has 0 atom stereocenters. The number of aliphatic hydroxyl groups excluding tert-OH is 1. The van der Waals surface area contributed by atoms with Crippen LogP contribution >= 0.6 is 0 Å². The lowest BCUT2D eigenvalue weighted by atomic mass is 10.0. The van der Waals surface area contributed by atoms with Gasteiger partial charge in [-0.1, -0.05) is 0 Å². The highest BCUT2D eigenvalue weighted by Gasteiger charge is 2.16. The highest BCUT2D eigenvalue weighted by Crippen LogP contribution is 2.10. The van der Waals surface area contributed by atoms with Crippen molar-refractivity contribution in [1.82, 2.24) is 15.5 Å². The highest BCUT2D eigenvalue weighted by molar-refractivity contribution is 5.14. The van der Waals surface area contributed by atoms with Gasteiger partial charge >= 0.3 is 0 Å². The van der Waals surface area contributed by atoms with Crippen molar-refractivity contribution >= 4 is 0 Å². The molecule has 0 fully saturated rings. The number of aryl methyl sites for hydroxylation is 1. The molecule has 3 N–H and O–H groups in total. The van der Waals surface area contributed by atoms with Crippen molar-refractivity contribution in [3.63, 3.8) is 0 Å². The fourth-order valence-electron chi connectivity index (χ4n) is 1.26. The zero-order valence-corrected chi connectivity index (χ0v) is 9.09. The smallest absolute Gasteiger partial charge is 0.0535 e. The number of hydrogen-bond donors (Lipinski definition) is 3. The van der Waals surface area contributed by atoms with E-state index in [-0.39, 0.29) is 12.1 Å². The van der Waals surface area contributed by atoms with Crippen LogP contribution in [0.25, 0.3) is 0 Å². The second-order valence-corrected chi connectivity index (χ2v) is 4.23. The molecule has 1 rings (SSSR count). The standard InChI is InChI=1S/C10H19N3O/c1-8-9(7-12-13-8)6-11-10(2,3)4-5-14/h7,11,14H,4-6H2,1-3H3,(H,12,13). The molecule has 1 heterocycles. The molecule has 0 bridgehead atoms. The molecule has 4 nitrogen and oxygen atoms in total. The summed E-state index contributed by atoms with van der Waals surface area (Å²) in [5.74, 6) is 0. The Morgan fingerprint density at radius 3 is 2.79 bits per heavy atom. The summed E-state index contributed by atoms with van der Waals surface area (Å²) < 4.78 is 0. The van der Waals surface area contributed by atoms with Crippen molar-refractivity contribution < 1.29 is 5.11 Å². The number of aromatic amines is 1. The first-order valence-electron chi connectivity index (χ1n) is 4.90. The van der Waals surface area contributed by atoms with E-state index in [4.69, 9.17) is 5.11 Å². The van der Waals surface area contributed by atoms with Crippen LogP contribution in [0, 0.1) is 6.92 Å².